The van der Waals surface area contributed by atoms with Crippen molar-refractivity contribution >= 4 is 100 Å². The van der Waals surface area contributed by atoms with Gasteiger partial charge in [0, 0.05) is 31.3 Å². The van der Waals surface area contributed by atoms with Gasteiger partial charge in [-0.15, -0.1) is 11.6 Å². The first-order valence-electron chi connectivity index (χ1n) is 23.1. The van der Waals surface area contributed by atoms with E-state index in [0.717, 1.165) is 60.1 Å². The van der Waals surface area contributed by atoms with Crippen molar-refractivity contribution in [2.75, 3.05) is 86.5 Å². The third-order valence-corrected chi connectivity index (χ3v) is 10.0. The summed E-state index contributed by atoms with van der Waals surface area (Å²) < 4.78 is 67.9. The number of aryl methyl sites for hydroxylation is 2. The number of methoxy groups -OCH3 is 1. The molecule has 0 spiro atoms. The number of nitrogens with zero attached hydrogens (tertiary/aromatic N) is 5. The van der Waals surface area contributed by atoms with Gasteiger partial charge < -0.3 is 53.9 Å². The van der Waals surface area contributed by atoms with Gasteiger partial charge in [-0.05, 0) is 113 Å². The number of nitro benzene ring substituents is 1. The van der Waals surface area contributed by atoms with Gasteiger partial charge in [0.05, 0.1) is 72.1 Å². The Balaban J connectivity index is 0.00000106. The number of nitro groups is 1. The van der Waals surface area contributed by atoms with E-state index < -0.39 is 72.9 Å². The minimum atomic E-state index is -4.61. The Morgan fingerprint density at radius 1 is 0.962 bits per heavy atom. The molecular weight excluding hydrogens is 1140 g/mol. The lowest BCUT2D eigenvalue weighted by molar-refractivity contribution is -0.385. The first kappa shape index (κ1) is 72.4. The molecule has 0 radical (unpaired) electrons. The highest BCUT2D eigenvalue weighted by molar-refractivity contribution is 7.94. The molecule has 3 aromatic carbocycles. The van der Waals surface area contributed by atoms with Gasteiger partial charge >= 0.3 is 24.1 Å². The lowest BCUT2D eigenvalue weighted by atomic mass is 10.0. The van der Waals surface area contributed by atoms with Crippen LogP contribution in [0.2, 0.25) is 10.3 Å². The zero-order valence-corrected chi connectivity index (χ0v) is 49.1. The number of amides is 1. The van der Waals surface area contributed by atoms with Gasteiger partial charge in [0.15, 0.2) is 6.61 Å². The van der Waals surface area contributed by atoms with Crippen molar-refractivity contribution in [3.63, 3.8) is 0 Å². The maximum absolute atomic E-state index is 12.7. The van der Waals surface area contributed by atoms with Gasteiger partial charge in [0.25, 0.3) is 5.69 Å². The van der Waals surface area contributed by atoms with Crippen LogP contribution >= 0.6 is 42.4 Å². The molecule has 4 aromatic rings. The van der Waals surface area contributed by atoms with Gasteiger partial charge in [-0.1, -0.05) is 36.7 Å². The molecule has 0 fully saturated rings. The number of ether oxygens (including phenoxy) is 4. The Morgan fingerprint density at radius 3 is 2.06 bits per heavy atom. The highest BCUT2D eigenvalue weighted by Crippen LogP contribution is 2.37. The first-order chi connectivity index (χ1) is 36.1. The Morgan fingerprint density at radius 2 is 1.58 bits per heavy atom. The molecule has 1 amide bonds. The minimum absolute atomic E-state index is 0.0223. The SMILES string of the molecule is CCNc1nc(Cl)nc(NC(C)(C)C)n1.CCOC(=O)COC(=O)c1cc(Oc2ccc(C(F)(F)F)cc2Cl)ccc1[N+](=O)[O-].CCc1cccc(C)c1N(C(=O)CCl)C(C)COC.C[S+](C)C.O=C(O)CNCP(=O)([O-])O. The fourth-order valence-corrected chi connectivity index (χ4v) is 6.70. The number of alkyl halides is 4. The summed E-state index contributed by atoms with van der Waals surface area (Å²) in [7, 11) is -2.07. The van der Waals surface area contributed by atoms with E-state index in [4.69, 9.17) is 59.0 Å². The number of carboxylic acid groups (broad SMARTS) is 1. The average Bonchev–Trinajstić information content (AvgIpc) is 3.31. The molecule has 0 aliphatic heterocycles. The molecule has 0 saturated heterocycles. The lowest BCUT2D eigenvalue weighted by Crippen LogP contribution is -2.43. The van der Waals surface area contributed by atoms with Gasteiger partial charge in [-0.3, -0.25) is 25.0 Å². The predicted molar refractivity (Wildman–Crippen MR) is 294 cm³/mol. The quantitative estimate of drug-likeness (QED) is 0.0138. The van der Waals surface area contributed by atoms with Crippen LogP contribution in [0.3, 0.4) is 0 Å². The van der Waals surface area contributed by atoms with E-state index >= 15 is 0 Å². The highest BCUT2D eigenvalue weighted by Gasteiger charge is 2.31. The van der Waals surface area contributed by atoms with Gasteiger partial charge in [0.2, 0.25) is 23.1 Å². The number of hydrogen-bond acceptors (Lipinski definition) is 18. The molecule has 1 aromatic heterocycles. The number of aromatic nitrogens is 3. The number of esters is 2. The monoisotopic (exact) mass is 1200 g/mol. The molecule has 22 nitrogen and oxygen atoms in total. The molecule has 436 valence electrons. The number of halogens is 6. The van der Waals surface area contributed by atoms with Crippen molar-refractivity contribution in [1.29, 1.82) is 0 Å². The van der Waals surface area contributed by atoms with E-state index in [1.165, 1.54) is 6.92 Å². The minimum Gasteiger partial charge on any atom is -0.778 e. The Kier molecular flexibility index (Phi) is 33.3. The summed E-state index contributed by atoms with van der Waals surface area (Å²) in [6, 6.07) is 11.4. The second-order valence-electron chi connectivity index (χ2n) is 17.2. The molecule has 2 unspecified atom stereocenters. The molecule has 1 heterocycles. The molecule has 30 heteroatoms. The van der Waals surface area contributed by atoms with Crippen LogP contribution in [-0.4, -0.2) is 136 Å². The second kappa shape index (κ2) is 35.8. The number of rotatable bonds is 20. The molecule has 0 aliphatic carbocycles. The van der Waals surface area contributed by atoms with Crippen LogP contribution in [0.1, 0.15) is 75.5 Å². The third kappa shape index (κ3) is 30.0. The molecule has 4 rings (SSSR count). The van der Waals surface area contributed by atoms with Crippen molar-refractivity contribution < 1.29 is 75.7 Å². The number of anilines is 3. The number of nitrogens with one attached hydrogen (secondary N) is 3. The van der Waals surface area contributed by atoms with Crippen LogP contribution in [-0.2, 0) is 56.7 Å². The fourth-order valence-electron chi connectivity index (χ4n) is 5.80. The van der Waals surface area contributed by atoms with Crippen molar-refractivity contribution in [3.05, 3.63) is 97.3 Å². The summed E-state index contributed by atoms with van der Waals surface area (Å²) in [6.45, 7) is 15.7. The normalized spacial score (nSPS) is 11.9. The molecular formula is C48H67Cl3F3N8O14PS. The molecule has 2 atom stereocenters. The highest BCUT2D eigenvalue weighted by atomic mass is 35.5. The van der Waals surface area contributed by atoms with Crippen molar-refractivity contribution in [2.45, 2.75) is 79.6 Å². The summed E-state index contributed by atoms with van der Waals surface area (Å²) in [5.41, 5.74) is 0.947. The number of carboxylic acids is 1. The maximum Gasteiger partial charge on any atom is 0.416 e. The summed E-state index contributed by atoms with van der Waals surface area (Å²) in [5, 5.41) is 27.1. The number of hydrogen-bond donors (Lipinski definition) is 5. The van der Waals surface area contributed by atoms with Crippen LogP contribution in [0.4, 0.5) is 36.4 Å². The number of carbonyl (C=O) groups excluding carboxylic acids is 3. The average molecular weight is 1210 g/mol. The van der Waals surface area contributed by atoms with Crippen molar-refractivity contribution in [3.8, 4) is 11.5 Å². The van der Waals surface area contributed by atoms with Gasteiger partial charge in [-0.2, -0.15) is 28.1 Å². The van der Waals surface area contributed by atoms with Crippen LogP contribution in [0.5, 0.6) is 11.5 Å². The van der Waals surface area contributed by atoms with Crippen LogP contribution in [0.25, 0.3) is 0 Å². The van der Waals surface area contributed by atoms with Gasteiger partial charge in [-0.25, -0.2) is 9.59 Å². The van der Waals surface area contributed by atoms with Crippen molar-refractivity contribution in [1.82, 2.24) is 20.3 Å². The van der Waals surface area contributed by atoms with Crippen molar-refractivity contribution in [2.24, 2.45) is 0 Å². The molecule has 0 bridgehead atoms. The molecule has 0 saturated carbocycles. The summed E-state index contributed by atoms with van der Waals surface area (Å²) >= 11 is 17.3. The second-order valence-corrected chi connectivity index (χ2v) is 22.3. The molecule has 5 N–H and O–H groups in total. The van der Waals surface area contributed by atoms with E-state index in [0.29, 0.717) is 35.5 Å². The predicted octanol–water partition coefficient (Wildman–Crippen LogP) is 8.77. The number of carbonyl (C=O) groups is 4. The smallest absolute Gasteiger partial charge is 0.416 e. The first-order valence-corrected chi connectivity index (χ1v) is 28.6. The topological polar surface area (TPSA) is 307 Å². The summed E-state index contributed by atoms with van der Waals surface area (Å²) in [6.07, 6.45) is 2.15. The van der Waals surface area contributed by atoms with E-state index in [1.54, 1.807) is 12.0 Å². The maximum atomic E-state index is 12.7. The standard InChI is InChI=1S/C18H13ClF3NO7.C15H22ClNO2.C9H16ClN5.C3H8NO5P.C3H9S/c1-2-28-16(24)9-29-17(25)12-8-11(4-5-14(12)23(26)27)30-15-6-3-10(7-13(15)19)18(20,21)22;1-5-13-8-6-7-11(2)15(13)17(14(18)9-16)12(3)10-19-4;1-5-11-7-12-6(10)13-8(14-7)15-9(2,3)4;5-3(6)1-4-2-10(7,8)9;1-4(2)3/h3-8H,2,9H2,1H3;6-8,12H,5,9-10H2,1-4H3;5H2,1-4H3,(H2,11,12,13,14,15);4H,1-2H2,(H,5,6)(H2,7,8,9);1-3H3/q;;;;+1/p-1. The van der Waals surface area contributed by atoms with E-state index in [-0.39, 0.29) is 51.8 Å². The fraction of sp³-hybridized carbons (Fsp3) is 0.479. The zero-order chi connectivity index (χ0) is 60.1. The number of benzene rings is 3. The van der Waals surface area contributed by atoms with Gasteiger partial charge in [0.1, 0.15) is 30.5 Å². The molecule has 78 heavy (non-hydrogen) atoms. The van der Waals surface area contributed by atoms with Crippen LogP contribution in [0, 0.1) is 17.0 Å². The van der Waals surface area contributed by atoms with E-state index in [9.17, 15) is 51.9 Å². The summed E-state index contributed by atoms with van der Waals surface area (Å²) in [5.74, 6) is -2.66. The van der Waals surface area contributed by atoms with Crippen LogP contribution in [0.15, 0.2) is 54.6 Å². The van der Waals surface area contributed by atoms with E-state index in [2.05, 4.69) is 62.1 Å². The summed E-state index contributed by atoms with van der Waals surface area (Å²) in [4.78, 5) is 87.6. The Labute approximate surface area is 469 Å². The largest absolute Gasteiger partial charge is 0.778 e. The molecule has 0 aliphatic rings. The Hall–Kier alpha value is -5.57. The number of aliphatic carboxylic acids is 1. The Bertz CT molecular complexity index is 2620. The number of para-hydroxylation sites is 1. The third-order valence-electron chi connectivity index (χ3n) is 8.69. The van der Waals surface area contributed by atoms with Crippen LogP contribution < -0.4 is 30.5 Å². The zero-order valence-electron chi connectivity index (χ0n) is 45.1. The van der Waals surface area contributed by atoms with E-state index in [1.807, 2.05) is 59.0 Å². The lowest BCUT2D eigenvalue weighted by Gasteiger charge is -2.31.